The van der Waals surface area contributed by atoms with Crippen LogP contribution in [0.15, 0.2) is 44.4 Å². The second kappa shape index (κ2) is 8.39. The van der Waals surface area contributed by atoms with Gasteiger partial charge in [0.1, 0.15) is 0 Å². The zero-order valence-corrected chi connectivity index (χ0v) is 16.1. The van der Waals surface area contributed by atoms with Crippen LogP contribution in [-0.2, 0) is 9.63 Å². The highest BCUT2D eigenvalue weighted by Gasteiger charge is 2.11. The van der Waals surface area contributed by atoms with Gasteiger partial charge >= 0.3 is 0 Å². The first-order valence-electron chi connectivity index (χ1n) is 6.94. The predicted molar refractivity (Wildman–Crippen MR) is 98.2 cm³/mol. The average Bonchev–Trinajstić information content (AvgIpc) is 2.53. The fraction of sp³-hybridized carbons (Fsp3) is 0.125. The summed E-state index contributed by atoms with van der Waals surface area (Å²) in [5.41, 5.74) is 7.31. The van der Waals surface area contributed by atoms with Crippen molar-refractivity contribution < 1.29 is 18.4 Å². The number of carbonyl (C=O) groups excluding carboxylic acids is 1. The molecule has 0 heterocycles. The quantitative estimate of drug-likeness (QED) is 0.388. The summed E-state index contributed by atoms with van der Waals surface area (Å²) in [6.45, 7) is 1.51. The second-order valence-corrected chi connectivity index (χ2v) is 6.74. The Morgan fingerprint density at radius 1 is 1.20 bits per heavy atom. The maximum absolute atomic E-state index is 13.1. The zero-order chi connectivity index (χ0) is 18.6. The lowest BCUT2D eigenvalue weighted by Crippen LogP contribution is -2.20. The van der Waals surface area contributed by atoms with Gasteiger partial charge in [-0.3, -0.25) is 4.79 Å². The number of amides is 1. The number of carbonyl (C=O) groups is 1. The van der Waals surface area contributed by atoms with Crippen LogP contribution in [0.1, 0.15) is 11.1 Å². The molecule has 0 fully saturated rings. The molecule has 3 N–H and O–H groups in total. The van der Waals surface area contributed by atoms with Crippen LogP contribution in [-0.4, -0.2) is 18.3 Å². The Morgan fingerprint density at radius 3 is 2.44 bits per heavy atom. The molecule has 2 aromatic rings. The van der Waals surface area contributed by atoms with Crippen LogP contribution in [0.2, 0.25) is 0 Å². The van der Waals surface area contributed by atoms with Gasteiger partial charge in [0, 0.05) is 14.5 Å². The minimum absolute atomic E-state index is 0.142. The lowest BCUT2D eigenvalue weighted by Gasteiger charge is -2.10. The maximum atomic E-state index is 13.1. The second-order valence-electron chi connectivity index (χ2n) is 5.03. The van der Waals surface area contributed by atoms with E-state index in [1.54, 1.807) is 0 Å². The third-order valence-corrected chi connectivity index (χ3v) is 4.28. The van der Waals surface area contributed by atoms with Crippen LogP contribution < -0.4 is 11.1 Å². The van der Waals surface area contributed by atoms with E-state index in [1.165, 1.54) is 6.07 Å². The van der Waals surface area contributed by atoms with Crippen molar-refractivity contribution in [3.05, 3.63) is 62.0 Å². The Bertz CT molecular complexity index is 821. The number of benzene rings is 2. The number of oxime groups is 1. The van der Waals surface area contributed by atoms with E-state index in [9.17, 15) is 13.6 Å². The number of nitrogens with two attached hydrogens (primary N) is 1. The van der Waals surface area contributed by atoms with E-state index in [4.69, 9.17) is 10.6 Å². The molecule has 0 aliphatic heterocycles. The van der Waals surface area contributed by atoms with E-state index in [-0.39, 0.29) is 11.4 Å². The number of nitrogens with one attached hydrogen (secondary N) is 1. The molecule has 0 aliphatic carbocycles. The summed E-state index contributed by atoms with van der Waals surface area (Å²) in [6.07, 6.45) is 0. The molecular weight excluding hydrogens is 464 g/mol. The van der Waals surface area contributed by atoms with Crippen LogP contribution in [0, 0.1) is 18.6 Å². The van der Waals surface area contributed by atoms with Crippen molar-refractivity contribution in [2.75, 3.05) is 11.9 Å². The number of aryl methyl sites for hydroxylation is 1. The summed E-state index contributed by atoms with van der Waals surface area (Å²) in [5, 5.41) is 6.19. The van der Waals surface area contributed by atoms with E-state index in [0.29, 0.717) is 14.6 Å². The first kappa shape index (κ1) is 19.3. The lowest BCUT2D eigenvalue weighted by molar-refractivity contribution is -0.120. The summed E-state index contributed by atoms with van der Waals surface area (Å²) in [4.78, 5) is 16.8. The molecule has 2 aromatic carbocycles. The van der Waals surface area contributed by atoms with E-state index in [0.717, 1.165) is 17.7 Å². The number of rotatable bonds is 5. The van der Waals surface area contributed by atoms with Crippen molar-refractivity contribution >= 4 is 49.3 Å². The van der Waals surface area contributed by atoms with Gasteiger partial charge in [0.25, 0.3) is 5.91 Å². The molecule has 0 bridgehead atoms. The van der Waals surface area contributed by atoms with Gasteiger partial charge in [-0.25, -0.2) is 8.78 Å². The molecule has 5 nitrogen and oxygen atoms in total. The number of halogens is 4. The lowest BCUT2D eigenvalue weighted by atomic mass is 10.2. The summed E-state index contributed by atoms with van der Waals surface area (Å²) >= 11 is 6.72. The minimum atomic E-state index is -1.05. The van der Waals surface area contributed by atoms with Gasteiger partial charge < -0.3 is 15.9 Å². The first-order chi connectivity index (χ1) is 11.8. The molecule has 9 heteroatoms. The molecule has 0 radical (unpaired) electrons. The Hall–Kier alpha value is -2.00. The minimum Gasteiger partial charge on any atom is -0.384 e. The topological polar surface area (TPSA) is 76.7 Å². The van der Waals surface area contributed by atoms with E-state index >= 15 is 0 Å². The Labute approximate surface area is 159 Å². The van der Waals surface area contributed by atoms with Crippen molar-refractivity contribution in [2.24, 2.45) is 10.9 Å². The van der Waals surface area contributed by atoms with E-state index < -0.39 is 24.1 Å². The normalized spacial score (nSPS) is 11.3. The Balaban J connectivity index is 1.97. The molecule has 0 atom stereocenters. The fourth-order valence-electron chi connectivity index (χ4n) is 1.86. The summed E-state index contributed by atoms with van der Waals surface area (Å²) < 4.78 is 27.4. The van der Waals surface area contributed by atoms with E-state index in [2.05, 4.69) is 42.3 Å². The number of amidine groups is 1. The average molecular weight is 477 g/mol. The molecule has 0 aromatic heterocycles. The van der Waals surface area contributed by atoms with Crippen LogP contribution in [0.3, 0.4) is 0 Å². The SMILES string of the molecule is Cc1cc(Br)c(NC(=O)CO/N=C(\N)c2ccc(F)c(F)c2)c(Br)c1. The number of nitrogens with zero attached hydrogens (tertiary/aromatic N) is 1. The molecule has 0 aliphatic rings. The maximum Gasteiger partial charge on any atom is 0.265 e. The highest BCUT2D eigenvalue weighted by molar-refractivity contribution is 9.11. The van der Waals surface area contributed by atoms with Crippen molar-refractivity contribution in [1.82, 2.24) is 0 Å². The van der Waals surface area contributed by atoms with Gasteiger partial charge in [-0.1, -0.05) is 5.16 Å². The third-order valence-electron chi connectivity index (χ3n) is 3.02. The van der Waals surface area contributed by atoms with Gasteiger partial charge in [0.05, 0.1) is 5.69 Å². The highest BCUT2D eigenvalue weighted by Crippen LogP contribution is 2.32. The molecule has 0 saturated heterocycles. The van der Waals surface area contributed by atoms with Gasteiger partial charge in [0.2, 0.25) is 0 Å². The monoisotopic (exact) mass is 475 g/mol. The molecule has 0 unspecified atom stereocenters. The fourth-order valence-corrected chi connectivity index (χ4v) is 3.48. The highest BCUT2D eigenvalue weighted by atomic mass is 79.9. The molecule has 132 valence electrons. The van der Waals surface area contributed by atoms with Crippen LogP contribution >= 0.6 is 31.9 Å². The summed E-state index contributed by atoms with van der Waals surface area (Å²) in [5.74, 6) is -2.69. The first-order valence-corrected chi connectivity index (χ1v) is 8.53. The Morgan fingerprint density at radius 2 is 1.84 bits per heavy atom. The largest absolute Gasteiger partial charge is 0.384 e. The van der Waals surface area contributed by atoms with Gasteiger partial charge in [-0.05, 0) is 74.7 Å². The molecule has 25 heavy (non-hydrogen) atoms. The number of hydrogen-bond acceptors (Lipinski definition) is 3. The molecule has 0 spiro atoms. The van der Waals surface area contributed by atoms with Gasteiger partial charge in [-0.2, -0.15) is 0 Å². The van der Waals surface area contributed by atoms with Crippen LogP contribution in [0.25, 0.3) is 0 Å². The van der Waals surface area contributed by atoms with Crippen molar-refractivity contribution in [3.63, 3.8) is 0 Å². The van der Waals surface area contributed by atoms with Crippen LogP contribution in [0.4, 0.5) is 14.5 Å². The molecule has 1 amide bonds. The van der Waals surface area contributed by atoms with Crippen molar-refractivity contribution in [3.8, 4) is 0 Å². The van der Waals surface area contributed by atoms with Gasteiger partial charge in [-0.15, -0.1) is 0 Å². The van der Waals surface area contributed by atoms with Crippen molar-refractivity contribution in [2.45, 2.75) is 6.92 Å². The van der Waals surface area contributed by atoms with Crippen LogP contribution in [0.5, 0.6) is 0 Å². The molecule has 2 rings (SSSR count). The molecular formula is C16H13Br2F2N3O2. The predicted octanol–water partition coefficient (Wildman–Crippen LogP) is 4.07. The standard InChI is InChI=1S/C16H13Br2F2N3O2/c1-8-4-10(17)15(11(18)5-8)22-14(24)7-25-23-16(21)9-2-3-12(19)13(20)6-9/h2-6H,7H2,1H3,(H2,21,23)(H,22,24). The summed E-state index contributed by atoms with van der Waals surface area (Å²) in [6, 6.07) is 6.76. The smallest absolute Gasteiger partial charge is 0.265 e. The summed E-state index contributed by atoms with van der Waals surface area (Å²) in [7, 11) is 0. The zero-order valence-electron chi connectivity index (χ0n) is 12.9. The Kier molecular flexibility index (Phi) is 6.49. The van der Waals surface area contributed by atoms with Gasteiger partial charge in [0.15, 0.2) is 24.1 Å². The van der Waals surface area contributed by atoms with E-state index in [1.807, 2.05) is 19.1 Å². The molecule has 0 saturated carbocycles. The third kappa shape index (κ3) is 5.23. The number of hydrogen-bond donors (Lipinski definition) is 2. The van der Waals surface area contributed by atoms with Crippen molar-refractivity contribution in [1.29, 1.82) is 0 Å². The number of anilines is 1.